The number of nitrogens with one attached hydrogen (secondary N) is 1. The number of carbonyl (C=O) groups is 1. The van der Waals surface area contributed by atoms with Crippen molar-refractivity contribution in [1.29, 1.82) is 0 Å². The Kier molecular flexibility index (Phi) is 4.02. The van der Waals surface area contributed by atoms with Crippen LogP contribution in [-0.2, 0) is 4.79 Å². The molecule has 20 heavy (non-hydrogen) atoms. The van der Waals surface area contributed by atoms with E-state index in [4.69, 9.17) is 0 Å². The van der Waals surface area contributed by atoms with E-state index in [-0.39, 0.29) is 11.7 Å². The maximum absolute atomic E-state index is 13.5. The van der Waals surface area contributed by atoms with Crippen molar-refractivity contribution in [3.05, 3.63) is 29.6 Å². The van der Waals surface area contributed by atoms with Crippen molar-refractivity contribution in [1.82, 2.24) is 0 Å². The summed E-state index contributed by atoms with van der Waals surface area (Å²) in [6, 6.07) is 4.59. The largest absolute Gasteiger partial charge is 0.479 e. The molecular weight excluding hydrogens is 257 g/mol. The number of hydrogen-bond acceptors (Lipinski definition) is 2. The Balaban J connectivity index is 2.32. The molecule has 0 radical (unpaired) electrons. The third-order valence-electron chi connectivity index (χ3n) is 4.42. The Morgan fingerprint density at radius 2 is 2.10 bits per heavy atom. The van der Waals surface area contributed by atoms with Crippen molar-refractivity contribution < 1.29 is 14.3 Å². The van der Waals surface area contributed by atoms with Crippen LogP contribution in [0.1, 0.15) is 38.7 Å². The number of aliphatic carboxylic acids is 1. The van der Waals surface area contributed by atoms with E-state index in [0.717, 1.165) is 18.4 Å². The quantitative estimate of drug-likeness (QED) is 0.884. The number of anilines is 1. The predicted molar refractivity (Wildman–Crippen MR) is 77.3 cm³/mol. The molecule has 0 spiro atoms. The highest BCUT2D eigenvalue weighted by Gasteiger charge is 2.46. The van der Waals surface area contributed by atoms with Crippen molar-refractivity contribution in [2.24, 2.45) is 11.8 Å². The third kappa shape index (κ3) is 2.79. The molecule has 0 amide bonds. The first-order valence-corrected chi connectivity index (χ1v) is 7.12. The van der Waals surface area contributed by atoms with Gasteiger partial charge >= 0.3 is 5.97 Å². The summed E-state index contributed by atoms with van der Waals surface area (Å²) in [6.07, 6.45) is 2.31. The summed E-state index contributed by atoms with van der Waals surface area (Å²) >= 11 is 0. The van der Waals surface area contributed by atoms with Crippen molar-refractivity contribution in [3.63, 3.8) is 0 Å². The van der Waals surface area contributed by atoms with Crippen LogP contribution in [0.4, 0.5) is 10.1 Å². The third-order valence-corrected chi connectivity index (χ3v) is 4.42. The van der Waals surface area contributed by atoms with E-state index in [0.29, 0.717) is 18.0 Å². The molecule has 110 valence electrons. The molecule has 3 unspecified atom stereocenters. The highest BCUT2D eigenvalue weighted by molar-refractivity contribution is 5.83. The Hall–Kier alpha value is -1.58. The fraction of sp³-hybridized carbons (Fsp3) is 0.562. The van der Waals surface area contributed by atoms with Gasteiger partial charge in [-0.25, -0.2) is 9.18 Å². The molecule has 1 aliphatic rings. The molecule has 0 saturated heterocycles. The van der Waals surface area contributed by atoms with Crippen LogP contribution in [0, 0.1) is 24.6 Å². The standard InChI is InChI=1S/C16H22FNO2/c1-10-4-5-16(15(19)20,12(3)6-10)18-14-8-11(2)7-13(17)9-14/h7-10,12,18H,4-6H2,1-3H3,(H,19,20). The van der Waals surface area contributed by atoms with Gasteiger partial charge in [0.05, 0.1) is 0 Å². The Labute approximate surface area is 119 Å². The number of halogens is 1. The molecule has 3 nitrogen and oxygen atoms in total. The highest BCUT2D eigenvalue weighted by atomic mass is 19.1. The normalized spacial score (nSPS) is 30.0. The Morgan fingerprint density at radius 3 is 2.65 bits per heavy atom. The highest BCUT2D eigenvalue weighted by Crippen LogP contribution is 2.39. The zero-order valence-corrected chi connectivity index (χ0v) is 12.2. The summed E-state index contributed by atoms with van der Waals surface area (Å²) in [4.78, 5) is 11.8. The van der Waals surface area contributed by atoms with Gasteiger partial charge in [-0.2, -0.15) is 0 Å². The lowest BCUT2D eigenvalue weighted by molar-refractivity contribution is -0.145. The smallest absolute Gasteiger partial charge is 0.329 e. The maximum Gasteiger partial charge on any atom is 0.329 e. The minimum absolute atomic E-state index is 0.00678. The molecule has 1 aromatic carbocycles. The number of rotatable bonds is 3. The van der Waals surface area contributed by atoms with Gasteiger partial charge in [-0.05, 0) is 61.8 Å². The van der Waals surface area contributed by atoms with Crippen LogP contribution in [0.5, 0.6) is 0 Å². The molecule has 1 aromatic rings. The van der Waals surface area contributed by atoms with Crippen LogP contribution in [0.2, 0.25) is 0 Å². The first-order chi connectivity index (χ1) is 9.33. The van der Waals surface area contributed by atoms with E-state index in [1.807, 2.05) is 6.92 Å². The molecule has 2 rings (SSSR count). The predicted octanol–water partition coefficient (Wildman–Crippen LogP) is 3.83. The summed E-state index contributed by atoms with van der Waals surface area (Å²) in [5.41, 5.74) is 0.336. The lowest BCUT2D eigenvalue weighted by atomic mass is 9.70. The number of aryl methyl sites for hydroxylation is 1. The molecular formula is C16H22FNO2. The second-order valence-corrected chi connectivity index (χ2v) is 6.20. The van der Waals surface area contributed by atoms with E-state index in [1.165, 1.54) is 12.1 Å². The maximum atomic E-state index is 13.5. The monoisotopic (exact) mass is 279 g/mol. The lowest BCUT2D eigenvalue weighted by Crippen LogP contribution is -2.54. The van der Waals surface area contributed by atoms with E-state index in [2.05, 4.69) is 12.2 Å². The molecule has 0 heterocycles. The number of hydrogen-bond donors (Lipinski definition) is 2. The van der Waals surface area contributed by atoms with Gasteiger partial charge in [-0.15, -0.1) is 0 Å². The van der Waals surface area contributed by atoms with Crippen LogP contribution >= 0.6 is 0 Å². The molecule has 4 heteroatoms. The fourth-order valence-corrected chi connectivity index (χ4v) is 3.27. The van der Waals surface area contributed by atoms with E-state index < -0.39 is 11.5 Å². The summed E-state index contributed by atoms with van der Waals surface area (Å²) in [7, 11) is 0. The molecule has 1 aliphatic carbocycles. The molecule has 2 N–H and O–H groups in total. The van der Waals surface area contributed by atoms with E-state index >= 15 is 0 Å². The van der Waals surface area contributed by atoms with Gasteiger partial charge < -0.3 is 10.4 Å². The number of carboxylic acid groups (broad SMARTS) is 1. The summed E-state index contributed by atoms with van der Waals surface area (Å²) in [5.74, 6) is -0.649. The second kappa shape index (κ2) is 5.43. The number of benzene rings is 1. The molecule has 1 saturated carbocycles. The number of carboxylic acids is 1. The van der Waals surface area contributed by atoms with Gasteiger partial charge in [0.25, 0.3) is 0 Å². The summed E-state index contributed by atoms with van der Waals surface area (Å²) in [5, 5.41) is 12.8. The molecule has 0 bridgehead atoms. The molecule has 3 atom stereocenters. The van der Waals surface area contributed by atoms with Crippen LogP contribution in [0.15, 0.2) is 18.2 Å². The van der Waals surface area contributed by atoms with Gasteiger partial charge in [0.2, 0.25) is 0 Å². The van der Waals surface area contributed by atoms with Gasteiger partial charge in [0.1, 0.15) is 11.4 Å². The first-order valence-electron chi connectivity index (χ1n) is 7.12. The van der Waals surface area contributed by atoms with Gasteiger partial charge in [0, 0.05) is 5.69 Å². The molecule has 0 aliphatic heterocycles. The van der Waals surface area contributed by atoms with Crippen molar-refractivity contribution in [3.8, 4) is 0 Å². The minimum Gasteiger partial charge on any atom is -0.479 e. The van der Waals surface area contributed by atoms with E-state index in [1.54, 1.807) is 13.0 Å². The van der Waals surface area contributed by atoms with Gasteiger partial charge in [0.15, 0.2) is 0 Å². The topological polar surface area (TPSA) is 49.3 Å². The van der Waals surface area contributed by atoms with E-state index in [9.17, 15) is 14.3 Å². The van der Waals surface area contributed by atoms with Crippen LogP contribution in [0.25, 0.3) is 0 Å². The average molecular weight is 279 g/mol. The molecule has 1 fully saturated rings. The average Bonchev–Trinajstić information content (AvgIpc) is 2.31. The summed E-state index contributed by atoms with van der Waals surface area (Å²) in [6.45, 7) is 5.91. The van der Waals surface area contributed by atoms with Crippen molar-refractivity contribution in [2.75, 3.05) is 5.32 Å². The Bertz CT molecular complexity index is 497. The van der Waals surface area contributed by atoms with Crippen molar-refractivity contribution >= 4 is 11.7 Å². The van der Waals surface area contributed by atoms with Gasteiger partial charge in [-0.1, -0.05) is 13.8 Å². The van der Waals surface area contributed by atoms with Gasteiger partial charge in [-0.3, -0.25) is 0 Å². The zero-order chi connectivity index (χ0) is 14.9. The second-order valence-electron chi connectivity index (χ2n) is 6.20. The lowest BCUT2D eigenvalue weighted by Gasteiger charge is -2.42. The molecule has 0 aromatic heterocycles. The fourth-order valence-electron chi connectivity index (χ4n) is 3.27. The minimum atomic E-state index is -0.993. The van der Waals surface area contributed by atoms with Crippen LogP contribution < -0.4 is 5.32 Å². The SMILES string of the molecule is Cc1cc(F)cc(NC2(C(=O)O)CCC(C)CC2C)c1. The van der Waals surface area contributed by atoms with Crippen molar-refractivity contribution in [2.45, 2.75) is 45.6 Å². The summed E-state index contributed by atoms with van der Waals surface area (Å²) < 4.78 is 13.5. The van der Waals surface area contributed by atoms with Crippen LogP contribution in [0.3, 0.4) is 0 Å². The first kappa shape index (κ1) is 14.8. The van der Waals surface area contributed by atoms with Crippen LogP contribution in [-0.4, -0.2) is 16.6 Å². The zero-order valence-electron chi connectivity index (χ0n) is 12.2. The Morgan fingerprint density at radius 1 is 1.40 bits per heavy atom.